The average Bonchev–Trinajstić information content (AvgIpc) is 3.42. The van der Waals surface area contributed by atoms with Crippen LogP contribution >= 0.6 is 0 Å². The number of nitrogens with one attached hydrogen (secondary N) is 1. The topological polar surface area (TPSA) is 76.5 Å². The van der Waals surface area contributed by atoms with Gasteiger partial charge in [-0.25, -0.2) is 4.98 Å². The lowest BCUT2D eigenvalue weighted by atomic mass is 10.1. The van der Waals surface area contributed by atoms with Crippen molar-refractivity contribution in [1.29, 1.82) is 0 Å². The molecule has 166 valence electrons. The lowest BCUT2D eigenvalue weighted by molar-refractivity contribution is -0.118. The summed E-state index contributed by atoms with van der Waals surface area (Å²) in [6.45, 7) is 5.54. The first-order valence-corrected chi connectivity index (χ1v) is 10.9. The maximum Gasteiger partial charge on any atom is 0.262 e. The van der Waals surface area contributed by atoms with Crippen LogP contribution in [0.25, 0.3) is 0 Å². The lowest BCUT2D eigenvalue weighted by Crippen LogP contribution is -2.24. The van der Waals surface area contributed by atoms with Gasteiger partial charge in [0.25, 0.3) is 5.91 Å². The van der Waals surface area contributed by atoms with Crippen molar-refractivity contribution in [2.24, 2.45) is 0 Å². The summed E-state index contributed by atoms with van der Waals surface area (Å²) in [5.74, 6) is 1.82. The third-order valence-electron chi connectivity index (χ3n) is 5.40. The van der Waals surface area contributed by atoms with Crippen LogP contribution in [0, 0.1) is 0 Å². The number of carbonyl (C=O) groups is 2. The number of hydrogen-bond donors (Lipinski definition) is 1. The second kappa shape index (κ2) is 9.68. The maximum absolute atomic E-state index is 12.4. The zero-order chi connectivity index (χ0) is 22.5. The minimum Gasteiger partial charge on any atom is -0.484 e. The first-order chi connectivity index (χ1) is 15.5. The molecular formula is C25H28N4O3. The van der Waals surface area contributed by atoms with E-state index in [1.807, 2.05) is 48.8 Å². The number of aromatic nitrogens is 2. The van der Waals surface area contributed by atoms with Gasteiger partial charge in [0.05, 0.1) is 0 Å². The van der Waals surface area contributed by atoms with Crippen molar-refractivity contribution in [3.8, 4) is 5.75 Å². The Balaban J connectivity index is 1.34. The molecule has 0 saturated carbocycles. The van der Waals surface area contributed by atoms with E-state index < -0.39 is 0 Å². The smallest absolute Gasteiger partial charge is 0.262 e. The molecule has 1 aromatic heterocycles. The fourth-order valence-electron chi connectivity index (χ4n) is 3.91. The van der Waals surface area contributed by atoms with E-state index in [-0.39, 0.29) is 18.4 Å². The number of rotatable bonds is 8. The van der Waals surface area contributed by atoms with E-state index in [4.69, 9.17) is 4.74 Å². The highest BCUT2D eigenvalue weighted by molar-refractivity contribution is 5.95. The largest absolute Gasteiger partial charge is 0.484 e. The molecule has 0 radical (unpaired) electrons. The molecule has 0 unspecified atom stereocenters. The highest BCUT2D eigenvalue weighted by atomic mass is 16.5. The number of ether oxygens (including phenoxy) is 1. The van der Waals surface area contributed by atoms with Gasteiger partial charge in [-0.1, -0.05) is 32.0 Å². The van der Waals surface area contributed by atoms with Gasteiger partial charge in [0, 0.05) is 55.3 Å². The van der Waals surface area contributed by atoms with Crippen LogP contribution in [0.2, 0.25) is 0 Å². The summed E-state index contributed by atoms with van der Waals surface area (Å²) >= 11 is 0. The third-order valence-corrected chi connectivity index (χ3v) is 5.40. The fourth-order valence-corrected chi connectivity index (χ4v) is 3.91. The molecule has 1 saturated heterocycles. The summed E-state index contributed by atoms with van der Waals surface area (Å²) in [4.78, 5) is 30.6. The van der Waals surface area contributed by atoms with Crippen molar-refractivity contribution in [1.82, 2.24) is 9.55 Å². The molecule has 7 heteroatoms. The number of nitrogens with zero attached hydrogens (tertiary/aromatic N) is 3. The van der Waals surface area contributed by atoms with E-state index in [1.54, 1.807) is 17.0 Å². The summed E-state index contributed by atoms with van der Waals surface area (Å²) in [6.07, 6.45) is 5.22. The number of imidazole rings is 1. The molecule has 2 heterocycles. The minimum atomic E-state index is -0.240. The van der Waals surface area contributed by atoms with Gasteiger partial charge in [-0.2, -0.15) is 0 Å². The molecule has 1 aliphatic rings. The van der Waals surface area contributed by atoms with Gasteiger partial charge >= 0.3 is 0 Å². The van der Waals surface area contributed by atoms with E-state index >= 15 is 0 Å². The van der Waals surface area contributed by atoms with Crippen LogP contribution in [-0.2, 0) is 16.1 Å². The zero-order valence-electron chi connectivity index (χ0n) is 18.5. The van der Waals surface area contributed by atoms with Crippen LogP contribution in [0.15, 0.2) is 60.9 Å². The highest BCUT2D eigenvalue weighted by Gasteiger charge is 2.21. The molecule has 2 aromatic carbocycles. The molecule has 2 amide bonds. The molecule has 1 fully saturated rings. The second-order valence-corrected chi connectivity index (χ2v) is 8.25. The monoisotopic (exact) mass is 432 g/mol. The minimum absolute atomic E-state index is 0.110. The molecule has 32 heavy (non-hydrogen) atoms. The van der Waals surface area contributed by atoms with Gasteiger partial charge in [-0.3, -0.25) is 9.59 Å². The van der Waals surface area contributed by atoms with Crippen LogP contribution in [0.5, 0.6) is 5.75 Å². The summed E-state index contributed by atoms with van der Waals surface area (Å²) in [5.41, 5.74) is 2.60. The number of carbonyl (C=O) groups excluding carboxylic acids is 2. The molecule has 1 aliphatic heterocycles. The van der Waals surface area contributed by atoms with E-state index in [9.17, 15) is 9.59 Å². The second-order valence-electron chi connectivity index (χ2n) is 8.25. The van der Waals surface area contributed by atoms with Crippen LogP contribution in [-0.4, -0.2) is 34.5 Å². The lowest BCUT2D eigenvalue weighted by Gasteiger charge is -2.16. The predicted molar refractivity (Wildman–Crippen MR) is 124 cm³/mol. The van der Waals surface area contributed by atoms with Crippen molar-refractivity contribution in [2.75, 3.05) is 23.4 Å². The summed E-state index contributed by atoms with van der Waals surface area (Å²) in [5, 5.41) is 2.89. The molecule has 4 rings (SSSR count). The van der Waals surface area contributed by atoms with Gasteiger partial charge in [0.15, 0.2) is 6.61 Å². The van der Waals surface area contributed by atoms with Crippen molar-refractivity contribution in [2.45, 2.75) is 39.2 Å². The highest BCUT2D eigenvalue weighted by Crippen LogP contribution is 2.25. The van der Waals surface area contributed by atoms with Crippen LogP contribution < -0.4 is 15.0 Å². The van der Waals surface area contributed by atoms with Crippen LogP contribution in [0.3, 0.4) is 0 Å². The number of anilines is 2. The maximum atomic E-state index is 12.4. The summed E-state index contributed by atoms with van der Waals surface area (Å²) < 4.78 is 7.79. The van der Waals surface area contributed by atoms with Crippen LogP contribution in [0.4, 0.5) is 11.4 Å². The Kier molecular flexibility index (Phi) is 6.54. The molecule has 3 aromatic rings. The van der Waals surface area contributed by atoms with Crippen molar-refractivity contribution in [3.63, 3.8) is 0 Å². The Morgan fingerprint density at radius 1 is 1.19 bits per heavy atom. The van der Waals surface area contributed by atoms with E-state index in [0.717, 1.165) is 35.7 Å². The third kappa shape index (κ3) is 5.17. The predicted octanol–water partition coefficient (Wildman–Crippen LogP) is 4.20. The number of amides is 2. The van der Waals surface area contributed by atoms with Gasteiger partial charge in [0.2, 0.25) is 5.91 Å². The Hall–Kier alpha value is -3.61. The summed E-state index contributed by atoms with van der Waals surface area (Å²) in [7, 11) is 0. The fraction of sp³-hybridized carbons (Fsp3) is 0.320. The SMILES string of the molecule is CC(C)c1nccn1Cc1cccc(NC(=O)COc2cccc(N3CCCC3=O)c2)c1. The van der Waals surface area contributed by atoms with Gasteiger partial charge in [0.1, 0.15) is 11.6 Å². The van der Waals surface area contributed by atoms with Crippen LogP contribution in [0.1, 0.15) is 44.0 Å². The number of benzene rings is 2. The Morgan fingerprint density at radius 3 is 2.81 bits per heavy atom. The van der Waals surface area contributed by atoms with Gasteiger partial charge in [-0.05, 0) is 36.2 Å². The molecule has 0 bridgehead atoms. The Morgan fingerprint density at radius 2 is 2.03 bits per heavy atom. The van der Waals surface area contributed by atoms with Crippen molar-refractivity contribution >= 4 is 23.2 Å². The van der Waals surface area contributed by atoms with Gasteiger partial charge in [-0.15, -0.1) is 0 Å². The molecule has 0 aliphatic carbocycles. The molecular weight excluding hydrogens is 404 g/mol. The first-order valence-electron chi connectivity index (χ1n) is 10.9. The van der Waals surface area contributed by atoms with E-state index in [2.05, 4.69) is 28.7 Å². The Labute approximate surface area is 188 Å². The van der Waals surface area contributed by atoms with E-state index in [1.165, 1.54) is 0 Å². The quantitative estimate of drug-likeness (QED) is 0.579. The van der Waals surface area contributed by atoms with E-state index in [0.29, 0.717) is 24.6 Å². The average molecular weight is 433 g/mol. The summed E-state index contributed by atoms with van der Waals surface area (Å²) in [6, 6.07) is 15.1. The normalized spacial score (nSPS) is 13.6. The molecule has 0 spiro atoms. The number of hydrogen-bond acceptors (Lipinski definition) is 4. The zero-order valence-corrected chi connectivity index (χ0v) is 18.5. The van der Waals surface area contributed by atoms with Crippen molar-refractivity contribution in [3.05, 3.63) is 72.3 Å². The standard InChI is InChI=1S/C25H28N4O3/c1-18(2)25-26-11-13-28(25)16-19-6-3-7-20(14-19)27-23(30)17-32-22-9-4-8-21(15-22)29-12-5-10-24(29)31/h3-4,6-9,11,13-15,18H,5,10,12,16-17H2,1-2H3,(H,27,30). The molecule has 1 N–H and O–H groups in total. The van der Waals surface area contributed by atoms with Gasteiger partial charge < -0.3 is 19.5 Å². The molecule has 0 atom stereocenters. The van der Waals surface area contributed by atoms with Crippen molar-refractivity contribution < 1.29 is 14.3 Å². The molecule has 7 nitrogen and oxygen atoms in total. The Bertz CT molecular complexity index is 1110. The first kappa shape index (κ1) is 21.6.